The van der Waals surface area contributed by atoms with E-state index < -0.39 is 0 Å². The van der Waals surface area contributed by atoms with Gasteiger partial charge < -0.3 is 9.30 Å². The zero-order chi connectivity index (χ0) is 18.0. The molecule has 0 atom stereocenters. The summed E-state index contributed by atoms with van der Waals surface area (Å²) >= 11 is 5.99. The van der Waals surface area contributed by atoms with Crippen LogP contribution in [-0.2, 0) is 16.1 Å². The Morgan fingerprint density at radius 2 is 1.84 bits per heavy atom. The van der Waals surface area contributed by atoms with Crippen LogP contribution in [-0.4, -0.2) is 17.1 Å². The van der Waals surface area contributed by atoms with Crippen LogP contribution in [0.3, 0.4) is 0 Å². The first kappa shape index (κ1) is 17.3. The first-order chi connectivity index (χ1) is 12.0. The van der Waals surface area contributed by atoms with Crippen LogP contribution in [0.15, 0.2) is 55.1 Å². The van der Waals surface area contributed by atoms with Gasteiger partial charge in [-0.2, -0.15) is 0 Å². The standard InChI is InChI=1S/C21H20ClNO2/c1-4-25-20(24)13-23-15(3)21(18-7-5-6-8-19(18)23)14(2)16-9-11-17(22)12-10-16/h5-12H,2,4,13H2,1,3H3. The number of hydrogen-bond donors (Lipinski definition) is 0. The third-order valence-corrected chi connectivity index (χ3v) is 4.57. The lowest BCUT2D eigenvalue weighted by Crippen LogP contribution is -2.14. The average molecular weight is 354 g/mol. The van der Waals surface area contributed by atoms with Crippen LogP contribution in [0.4, 0.5) is 0 Å². The van der Waals surface area contributed by atoms with Gasteiger partial charge in [-0.15, -0.1) is 0 Å². The van der Waals surface area contributed by atoms with Crippen molar-refractivity contribution in [2.75, 3.05) is 6.61 Å². The number of fused-ring (bicyclic) bond motifs is 1. The van der Waals surface area contributed by atoms with Crippen molar-refractivity contribution < 1.29 is 9.53 Å². The van der Waals surface area contributed by atoms with Crippen molar-refractivity contribution >= 4 is 34.0 Å². The second-order valence-electron chi connectivity index (χ2n) is 5.85. The van der Waals surface area contributed by atoms with Crippen molar-refractivity contribution in [3.63, 3.8) is 0 Å². The van der Waals surface area contributed by atoms with E-state index in [-0.39, 0.29) is 12.5 Å². The molecule has 0 aliphatic carbocycles. The third kappa shape index (κ3) is 3.33. The topological polar surface area (TPSA) is 31.2 Å². The zero-order valence-corrected chi connectivity index (χ0v) is 15.1. The molecule has 0 N–H and O–H groups in total. The van der Waals surface area contributed by atoms with E-state index >= 15 is 0 Å². The molecule has 0 aliphatic heterocycles. The predicted molar refractivity (Wildman–Crippen MR) is 103 cm³/mol. The number of hydrogen-bond acceptors (Lipinski definition) is 2. The van der Waals surface area contributed by atoms with Crippen LogP contribution >= 0.6 is 11.6 Å². The summed E-state index contributed by atoms with van der Waals surface area (Å²) in [5.74, 6) is -0.241. The molecule has 0 radical (unpaired) electrons. The summed E-state index contributed by atoms with van der Waals surface area (Å²) < 4.78 is 7.11. The van der Waals surface area contributed by atoms with E-state index in [0.29, 0.717) is 11.6 Å². The van der Waals surface area contributed by atoms with Crippen molar-refractivity contribution in [3.8, 4) is 0 Å². The maximum Gasteiger partial charge on any atom is 0.325 e. The van der Waals surface area contributed by atoms with Crippen molar-refractivity contribution in [1.82, 2.24) is 4.57 Å². The number of benzene rings is 2. The van der Waals surface area contributed by atoms with Crippen LogP contribution in [0.1, 0.15) is 23.7 Å². The third-order valence-electron chi connectivity index (χ3n) is 4.32. The number of carbonyl (C=O) groups is 1. The molecular formula is C21H20ClNO2. The molecule has 3 aromatic rings. The molecule has 0 bridgehead atoms. The van der Waals surface area contributed by atoms with Crippen LogP contribution in [0.5, 0.6) is 0 Å². The fourth-order valence-electron chi connectivity index (χ4n) is 3.15. The molecule has 3 nitrogen and oxygen atoms in total. The maximum atomic E-state index is 12.0. The molecule has 2 aromatic carbocycles. The number of ether oxygens (including phenoxy) is 1. The largest absolute Gasteiger partial charge is 0.465 e. The number of esters is 1. The molecule has 0 saturated heterocycles. The molecule has 0 aliphatic rings. The Balaban J connectivity index is 2.12. The first-order valence-electron chi connectivity index (χ1n) is 8.21. The molecule has 0 amide bonds. The SMILES string of the molecule is C=C(c1ccc(Cl)cc1)c1c(C)n(CC(=O)OCC)c2ccccc12. The highest BCUT2D eigenvalue weighted by Crippen LogP contribution is 2.34. The Morgan fingerprint density at radius 3 is 2.52 bits per heavy atom. The van der Waals surface area contributed by atoms with Gasteiger partial charge in [-0.3, -0.25) is 4.79 Å². The Morgan fingerprint density at radius 1 is 1.16 bits per heavy atom. The second-order valence-corrected chi connectivity index (χ2v) is 6.29. The molecule has 25 heavy (non-hydrogen) atoms. The molecule has 128 valence electrons. The second kappa shape index (κ2) is 7.16. The molecular weight excluding hydrogens is 334 g/mol. The first-order valence-corrected chi connectivity index (χ1v) is 8.59. The van der Waals surface area contributed by atoms with Crippen molar-refractivity contribution in [3.05, 3.63) is 77.0 Å². The van der Waals surface area contributed by atoms with Crippen LogP contribution in [0.2, 0.25) is 5.02 Å². The van der Waals surface area contributed by atoms with Gasteiger partial charge in [0.05, 0.1) is 6.61 Å². The summed E-state index contributed by atoms with van der Waals surface area (Å²) in [5.41, 5.74) is 4.95. The number of halogens is 1. The summed E-state index contributed by atoms with van der Waals surface area (Å²) in [6, 6.07) is 15.7. The summed E-state index contributed by atoms with van der Waals surface area (Å²) in [4.78, 5) is 12.0. The monoisotopic (exact) mass is 353 g/mol. The van der Waals surface area contributed by atoms with Gasteiger partial charge >= 0.3 is 5.97 Å². The fraction of sp³-hybridized carbons (Fsp3) is 0.190. The summed E-state index contributed by atoms with van der Waals surface area (Å²) in [7, 11) is 0. The van der Waals surface area contributed by atoms with Crippen molar-refractivity contribution in [2.24, 2.45) is 0 Å². The highest BCUT2D eigenvalue weighted by atomic mass is 35.5. The van der Waals surface area contributed by atoms with Gasteiger partial charge in [0.15, 0.2) is 0 Å². The van der Waals surface area contributed by atoms with Crippen molar-refractivity contribution in [1.29, 1.82) is 0 Å². The summed E-state index contributed by atoms with van der Waals surface area (Å²) in [5, 5.41) is 1.77. The molecule has 0 fully saturated rings. The summed E-state index contributed by atoms with van der Waals surface area (Å²) in [6.45, 7) is 8.68. The van der Waals surface area contributed by atoms with E-state index in [0.717, 1.165) is 33.3 Å². The maximum absolute atomic E-state index is 12.0. The van der Waals surface area contributed by atoms with Crippen LogP contribution in [0, 0.1) is 6.92 Å². The lowest BCUT2D eigenvalue weighted by Gasteiger charge is -2.10. The van der Waals surface area contributed by atoms with E-state index in [1.165, 1.54) is 0 Å². The molecule has 0 saturated carbocycles. The number of carbonyl (C=O) groups excluding carboxylic acids is 1. The Labute approximate surface area is 152 Å². The Bertz CT molecular complexity index is 938. The normalized spacial score (nSPS) is 10.8. The van der Waals surface area contributed by atoms with Gasteiger partial charge in [0, 0.05) is 27.2 Å². The number of rotatable bonds is 5. The Kier molecular flexibility index (Phi) is 4.95. The number of para-hydroxylation sites is 1. The smallest absolute Gasteiger partial charge is 0.325 e. The Hall–Kier alpha value is -2.52. The van der Waals surface area contributed by atoms with Crippen LogP contribution < -0.4 is 0 Å². The summed E-state index contributed by atoms with van der Waals surface area (Å²) in [6.07, 6.45) is 0. The van der Waals surface area contributed by atoms with E-state index in [4.69, 9.17) is 16.3 Å². The van der Waals surface area contributed by atoms with Gasteiger partial charge in [0.25, 0.3) is 0 Å². The highest BCUT2D eigenvalue weighted by molar-refractivity contribution is 6.30. The fourth-order valence-corrected chi connectivity index (χ4v) is 3.27. The molecule has 1 aromatic heterocycles. The quantitative estimate of drug-likeness (QED) is 0.588. The minimum absolute atomic E-state index is 0.189. The molecule has 1 heterocycles. The van der Waals surface area contributed by atoms with Gasteiger partial charge in [-0.1, -0.05) is 48.5 Å². The van der Waals surface area contributed by atoms with Crippen LogP contribution in [0.25, 0.3) is 16.5 Å². The van der Waals surface area contributed by atoms with E-state index in [9.17, 15) is 4.79 Å². The minimum Gasteiger partial charge on any atom is -0.465 e. The van der Waals surface area contributed by atoms with Gasteiger partial charge in [0.2, 0.25) is 0 Å². The van der Waals surface area contributed by atoms with E-state index in [1.807, 2.05) is 60.9 Å². The van der Waals surface area contributed by atoms with Gasteiger partial charge in [0.1, 0.15) is 6.54 Å². The van der Waals surface area contributed by atoms with Crippen molar-refractivity contribution in [2.45, 2.75) is 20.4 Å². The zero-order valence-electron chi connectivity index (χ0n) is 14.4. The van der Waals surface area contributed by atoms with E-state index in [2.05, 4.69) is 12.6 Å². The van der Waals surface area contributed by atoms with Gasteiger partial charge in [-0.25, -0.2) is 0 Å². The molecule has 0 unspecified atom stereocenters. The highest BCUT2D eigenvalue weighted by Gasteiger charge is 2.18. The number of aromatic nitrogens is 1. The minimum atomic E-state index is -0.241. The lowest BCUT2D eigenvalue weighted by atomic mass is 9.97. The predicted octanol–water partition coefficient (Wildman–Crippen LogP) is 5.23. The molecule has 4 heteroatoms. The van der Waals surface area contributed by atoms with E-state index in [1.54, 1.807) is 0 Å². The average Bonchev–Trinajstić information content (AvgIpc) is 2.87. The van der Waals surface area contributed by atoms with Gasteiger partial charge in [-0.05, 0) is 43.2 Å². The lowest BCUT2D eigenvalue weighted by molar-refractivity contribution is -0.143. The number of nitrogens with zero attached hydrogens (tertiary/aromatic N) is 1. The molecule has 0 spiro atoms. The molecule has 3 rings (SSSR count).